The van der Waals surface area contributed by atoms with E-state index in [-0.39, 0.29) is 12.4 Å². The molecule has 0 atom stereocenters. The molecule has 188 valence electrons. The number of nitrogens with one attached hydrogen (secondary N) is 2. The number of esters is 1. The van der Waals surface area contributed by atoms with Crippen LogP contribution in [-0.4, -0.2) is 49.8 Å². The molecule has 3 aromatic rings. The Morgan fingerprint density at radius 2 is 1.89 bits per heavy atom. The molecule has 1 aliphatic rings. The first kappa shape index (κ1) is 25.0. The zero-order valence-corrected chi connectivity index (χ0v) is 20.3. The van der Waals surface area contributed by atoms with Crippen LogP contribution in [0.4, 0.5) is 22.9 Å². The number of nitrogens with zero attached hydrogens (tertiary/aromatic N) is 2. The zero-order chi connectivity index (χ0) is 25.3. The number of rotatable bonds is 10. The Morgan fingerprint density at radius 1 is 1.11 bits per heavy atom. The predicted molar refractivity (Wildman–Crippen MR) is 140 cm³/mol. The second kappa shape index (κ2) is 12.0. The molecule has 0 radical (unpaired) electrons. The number of amides is 1. The van der Waals surface area contributed by atoms with E-state index in [1.165, 1.54) is 0 Å². The van der Waals surface area contributed by atoms with Gasteiger partial charge in [-0.2, -0.15) is 0 Å². The number of carbonyl (C=O) groups is 2. The SMILES string of the molecule is CCOC(=O)c1cccc(CNc2cc(Nc3ccc(N4CCOCC4)cc3)ncc2CC(N)=O)c1. The van der Waals surface area contributed by atoms with Crippen molar-refractivity contribution in [3.8, 4) is 0 Å². The molecule has 2 aromatic carbocycles. The Morgan fingerprint density at radius 3 is 2.61 bits per heavy atom. The van der Waals surface area contributed by atoms with Crippen molar-refractivity contribution in [2.45, 2.75) is 19.9 Å². The van der Waals surface area contributed by atoms with E-state index in [0.29, 0.717) is 30.1 Å². The van der Waals surface area contributed by atoms with Gasteiger partial charge in [-0.3, -0.25) is 4.79 Å². The van der Waals surface area contributed by atoms with Crippen LogP contribution in [0.25, 0.3) is 0 Å². The number of nitrogens with two attached hydrogens (primary N) is 1. The molecule has 9 heteroatoms. The molecule has 1 amide bonds. The van der Waals surface area contributed by atoms with Crippen LogP contribution in [0.1, 0.15) is 28.4 Å². The van der Waals surface area contributed by atoms with Gasteiger partial charge in [-0.15, -0.1) is 0 Å². The molecule has 4 N–H and O–H groups in total. The van der Waals surface area contributed by atoms with Gasteiger partial charge in [0.25, 0.3) is 0 Å². The highest BCUT2D eigenvalue weighted by Gasteiger charge is 2.12. The summed E-state index contributed by atoms with van der Waals surface area (Å²) in [6.45, 7) is 5.78. The maximum absolute atomic E-state index is 12.1. The number of morpholine rings is 1. The summed E-state index contributed by atoms with van der Waals surface area (Å²) in [6.07, 6.45) is 1.71. The highest BCUT2D eigenvalue weighted by molar-refractivity contribution is 5.89. The number of aromatic nitrogens is 1. The van der Waals surface area contributed by atoms with Gasteiger partial charge in [0.2, 0.25) is 5.91 Å². The lowest BCUT2D eigenvalue weighted by molar-refractivity contribution is -0.117. The molecule has 0 spiro atoms. The number of primary amides is 1. The monoisotopic (exact) mass is 489 g/mol. The first-order chi connectivity index (χ1) is 17.5. The topological polar surface area (TPSA) is 119 Å². The molecule has 1 saturated heterocycles. The molecular formula is C27H31N5O4. The van der Waals surface area contributed by atoms with E-state index >= 15 is 0 Å². The van der Waals surface area contributed by atoms with E-state index in [4.69, 9.17) is 15.2 Å². The third-order valence-electron chi connectivity index (χ3n) is 5.79. The Hall–Kier alpha value is -4.11. The van der Waals surface area contributed by atoms with Crippen LogP contribution in [0, 0.1) is 0 Å². The van der Waals surface area contributed by atoms with E-state index in [9.17, 15) is 9.59 Å². The van der Waals surface area contributed by atoms with Gasteiger partial charge in [0.15, 0.2) is 0 Å². The lowest BCUT2D eigenvalue weighted by atomic mass is 10.1. The van der Waals surface area contributed by atoms with Crippen molar-refractivity contribution >= 4 is 34.8 Å². The van der Waals surface area contributed by atoms with E-state index < -0.39 is 5.91 Å². The normalized spacial score (nSPS) is 13.2. The standard InChI is InChI=1S/C27H31N5O4/c1-2-36-27(34)20-5-3-4-19(14-20)17-29-24-16-26(30-18-21(24)15-25(28)33)31-22-6-8-23(9-7-22)32-10-12-35-13-11-32/h3-9,14,16,18H,2,10-13,15,17H2,1H3,(H2,28,33)(H2,29,30,31). The summed E-state index contributed by atoms with van der Waals surface area (Å²) in [6, 6.07) is 17.3. The Balaban J connectivity index is 1.47. The largest absolute Gasteiger partial charge is 0.462 e. The van der Waals surface area contributed by atoms with Gasteiger partial charge >= 0.3 is 5.97 Å². The number of hydrogen-bond acceptors (Lipinski definition) is 8. The van der Waals surface area contributed by atoms with Crippen LogP contribution in [0.2, 0.25) is 0 Å². The van der Waals surface area contributed by atoms with E-state index in [1.54, 1.807) is 25.3 Å². The minimum absolute atomic E-state index is 0.0622. The Bertz CT molecular complexity index is 1190. The third-order valence-corrected chi connectivity index (χ3v) is 5.79. The van der Waals surface area contributed by atoms with Crippen LogP contribution in [0.3, 0.4) is 0 Å². The van der Waals surface area contributed by atoms with Gasteiger partial charge in [0, 0.05) is 54.5 Å². The molecule has 0 aliphatic carbocycles. The Kier molecular flexibility index (Phi) is 8.36. The van der Waals surface area contributed by atoms with Crippen molar-refractivity contribution in [3.05, 3.63) is 77.5 Å². The molecular weight excluding hydrogens is 458 g/mol. The average Bonchev–Trinajstić information content (AvgIpc) is 2.90. The van der Waals surface area contributed by atoms with Gasteiger partial charge in [0.05, 0.1) is 31.8 Å². The number of carbonyl (C=O) groups excluding carboxylic acids is 2. The van der Waals surface area contributed by atoms with E-state index in [2.05, 4.69) is 32.7 Å². The van der Waals surface area contributed by atoms with Crippen LogP contribution in [0.5, 0.6) is 0 Å². The predicted octanol–water partition coefficient (Wildman–Crippen LogP) is 3.48. The second-order valence-electron chi connectivity index (χ2n) is 8.42. The Labute approximate surface area is 210 Å². The zero-order valence-electron chi connectivity index (χ0n) is 20.3. The molecule has 0 saturated carbocycles. The van der Waals surface area contributed by atoms with Crippen LogP contribution < -0.4 is 21.3 Å². The first-order valence-electron chi connectivity index (χ1n) is 12.0. The van der Waals surface area contributed by atoms with Crippen molar-refractivity contribution in [3.63, 3.8) is 0 Å². The van der Waals surface area contributed by atoms with Crippen LogP contribution in [0.15, 0.2) is 60.8 Å². The third kappa shape index (κ3) is 6.73. The van der Waals surface area contributed by atoms with Gasteiger partial charge in [0.1, 0.15) is 5.82 Å². The number of anilines is 4. The van der Waals surface area contributed by atoms with Gasteiger partial charge < -0.3 is 30.7 Å². The van der Waals surface area contributed by atoms with Crippen molar-refractivity contribution < 1.29 is 19.1 Å². The lowest BCUT2D eigenvalue weighted by Gasteiger charge is -2.28. The summed E-state index contributed by atoms with van der Waals surface area (Å²) in [7, 11) is 0. The molecule has 1 aliphatic heterocycles. The molecule has 2 heterocycles. The van der Waals surface area contributed by atoms with E-state index in [0.717, 1.165) is 48.9 Å². The molecule has 9 nitrogen and oxygen atoms in total. The summed E-state index contributed by atoms with van der Waals surface area (Å²) in [4.78, 5) is 30.4. The minimum atomic E-state index is -0.441. The van der Waals surface area contributed by atoms with Crippen LogP contribution >= 0.6 is 0 Å². The fraction of sp³-hybridized carbons (Fsp3) is 0.296. The fourth-order valence-electron chi connectivity index (χ4n) is 3.99. The highest BCUT2D eigenvalue weighted by atomic mass is 16.5. The van der Waals surface area contributed by atoms with E-state index in [1.807, 2.05) is 30.3 Å². The fourth-order valence-corrected chi connectivity index (χ4v) is 3.99. The number of ether oxygens (including phenoxy) is 2. The number of benzene rings is 2. The second-order valence-corrected chi connectivity index (χ2v) is 8.42. The summed E-state index contributed by atoms with van der Waals surface area (Å²) in [5.41, 5.74) is 10.3. The maximum atomic E-state index is 12.1. The molecule has 1 aromatic heterocycles. The quantitative estimate of drug-likeness (QED) is 0.371. The van der Waals surface area contributed by atoms with Crippen molar-refractivity contribution in [1.82, 2.24) is 4.98 Å². The minimum Gasteiger partial charge on any atom is -0.462 e. The average molecular weight is 490 g/mol. The number of hydrogen-bond donors (Lipinski definition) is 3. The molecule has 0 bridgehead atoms. The molecule has 4 rings (SSSR count). The van der Waals surface area contributed by atoms with Gasteiger partial charge in [-0.25, -0.2) is 9.78 Å². The van der Waals surface area contributed by atoms with Crippen molar-refractivity contribution in [1.29, 1.82) is 0 Å². The van der Waals surface area contributed by atoms with Gasteiger partial charge in [-0.1, -0.05) is 12.1 Å². The molecule has 0 unspecified atom stereocenters. The highest BCUT2D eigenvalue weighted by Crippen LogP contribution is 2.25. The lowest BCUT2D eigenvalue weighted by Crippen LogP contribution is -2.36. The van der Waals surface area contributed by atoms with Crippen molar-refractivity contribution in [2.24, 2.45) is 5.73 Å². The summed E-state index contributed by atoms with van der Waals surface area (Å²) in [5, 5.41) is 6.67. The van der Waals surface area contributed by atoms with Gasteiger partial charge in [-0.05, 0) is 48.9 Å². The maximum Gasteiger partial charge on any atom is 0.338 e. The number of pyridine rings is 1. The summed E-state index contributed by atoms with van der Waals surface area (Å²) in [5.74, 6) is -0.169. The molecule has 1 fully saturated rings. The van der Waals surface area contributed by atoms with Crippen molar-refractivity contribution in [2.75, 3.05) is 48.4 Å². The van der Waals surface area contributed by atoms with Crippen LogP contribution in [-0.2, 0) is 27.2 Å². The summed E-state index contributed by atoms with van der Waals surface area (Å²) >= 11 is 0. The first-order valence-corrected chi connectivity index (χ1v) is 12.0. The summed E-state index contributed by atoms with van der Waals surface area (Å²) < 4.78 is 10.5. The molecule has 36 heavy (non-hydrogen) atoms. The smallest absolute Gasteiger partial charge is 0.338 e.